The second-order valence-electron chi connectivity index (χ2n) is 5.29. The Balaban J connectivity index is 2.25. The molecular formula is C12H25N3O. The molecule has 1 heterocycles. The minimum absolute atomic E-state index is 0.0109. The SMILES string of the molecule is CC(C)[C@H](N)C(=O)NC[C@@H]1CCCN(C)C1. The van der Waals surface area contributed by atoms with Gasteiger partial charge < -0.3 is 16.0 Å². The van der Waals surface area contributed by atoms with Crippen LogP contribution in [0.5, 0.6) is 0 Å². The molecule has 1 fully saturated rings. The van der Waals surface area contributed by atoms with Gasteiger partial charge in [0.25, 0.3) is 0 Å². The van der Waals surface area contributed by atoms with Crippen LogP contribution < -0.4 is 11.1 Å². The zero-order chi connectivity index (χ0) is 12.1. The average Bonchev–Trinajstić information content (AvgIpc) is 2.24. The van der Waals surface area contributed by atoms with Gasteiger partial charge in [-0.05, 0) is 38.3 Å². The highest BCUT2D eigenvalue weighted by Crippen LogP contribution is 2.13. The molecule has 0 aromatic heterocycles. The van der Waals surface area contributed by atoms with Gasteiger partial charge in [0.15, 0.2) is 0 Å². The van der Waals surface area contributed by atoms with E-state index < -0.39 is 0 Å². The molecule has 3 N–H and O–H groups in total. The number of hydrogen-bond donors (Lipinski definition) is 2. The van der Waals surface area contributed by atoms with Gasteiger partial charge in [0.2, 0.25) is 5.91 Å². The molecule has 2 atom stereocenters. The number of carbonyl (C=O) groups is 1. The van der Waals surface area contributed by atoms with Crippen molar-refractivity contribution >= 4 is 5.91 Å². The van der Waals surface area contributed by atoms with Crippen molar-refractivity contribution < 1.29 is 4.79 Å². The standard InChI is InChI=1S/C12H25N3O/c1-9(2)11(13)12(16)14-7-10-5-4-6-15(3)8-10/h9-11H,4-8,13H2,1-3H3,(H,14,16)/t10-,11-/m0/s1. The van der Waals surface area contributed by atoms with Crippen molar-refractivity contribution in [1.82, 2.24) is 10.2 Å². The van der Waals surface area contributed by atoms with Crippen molar-refractivity contribution in [2.75, 3.05) is 26.7 Å². The van der Waals surface area contributed by atoms with Gasteiger partial charge in [-0.15, -0.1) is 0 Å². The first-order valence-corrected chi connectivity index (χ1v) is 6.22. The number of piperidine rings is 1. The van der Waals surface area contributed by atoms with Gasteiger partial charge in [-0.3, -0.25) is 4.79 Å². The zero-order valence-electron chi connectivity index (χ0n) is 10.7. The number of rotatable bonds is 4. The zero-order valence-corrected chi connectivity index (χ0v) is 10.7. The maximum Gasteiger partial charge on any atom is 0.237 e. The summed E-state index contributed by atoms with van der Waals surface area (Å²) in [4.78, 5) is 14.0. The van der Waals surface area contributed by atoms with Crippen LogP contribution in [0.4, 0.5) is 0 Å². The average molecular weight is 227 g/mol. The summed E-state index contributed by atoms with van der Waals surface area (Å²) in [7, 11) is 2.13. The van der Waals surface area contributed by atoms with Gasteiger partial charge in [0.1, 0.15) is 0 Å². The number of carbonyl (C=O) groups excluding carboxylic acids is 1. The monoisotopic (exact) mass is 227 g/mol. The molecule has 1 rings (SSSR count). The van der Waals surface area contributed by atoms with Crippen LogP contribution in [0.2, 0.25) is 0 Å². The maximum atomic E-state index is 11.7. The second-order valence-corrected chi connectivity index (χ2v) is 5.29. The number of likely N-dealkylation sites (tertiary alicyclic amines) is 1. The molecule has 0 unspecified atom stereocenters. The summed E-state index contributed by atoms with van der Waals surface area (Å²) < 4.78 is 0. The summed E-state index contributed by atoms with van der Waals surface area (Å²) in [5.41, 5.74) is 5.78. The van der Waals surface area contributed by atoms with Crippen molar-refractivity contribution in [2.24, 2.45) is 17.6 Å². The molecule has 1 amide bonds. The Morgan fingerprint density at radius 1 is 1.56 bits per heavy atom. The Morgan fingerprint density at radius 2 is 2.25 bits per heavy atom. The van der Waals surface area contributed by atoms with E-state index in [1.54, 1.807) is 0 Å². The molecule has 1 aliphatic rings. The molecule has 94 valence electrons. The van der Waals surface area contributed by atoms with E-state index in [1.165, 1.54) is 19.4 Å². The molecule has 4 nitrogen and oxygen atoms in total. The van der Waals surface area contributed by atoms with E-state index in [9.17, 15) is 4.79 Å². The molecule has 0 saturated carbocycles. The third-order valence-corrected chi connectivity index (χ3v) is 3.31. The number of nitrogens with one attached hydrogen (secondary N) is 1. The van der Waals surface area contributed by atoms with Gasteiger partial charge in [-0.25, -0.2) is 0 Å². The molecule has 0 spiro atoms. The van der Waals surface area contributed by atoms with Crippen molar-refractivity contribution in [3.8, 4) is 0 Å². The van der Waals surface area contributed by atoms with Gasteiger partial charge in [0, 0.05) is 13.1 Å². The van der Waals surface area contributed by atoms with Crippen LogP contribution in [0.3, 0.4) is 0 Å². The first-order chi connectivity index (χ1) is 7.50. The number of nitrogens with two attached hydrogens (primary N) is 1. The molecule has 0 aliphatic carbocycles. The van der Waals surface area contributed by atoms with E-state index in [0.29, 0.717) is 5.92 Å². The second kappa shape index (κ2) is 6.21. The Kier molecular flexibility index (Phi) is 5.22. The lowest BCUT2D eigenvalue weighted by Gasteiger charge is -2.30. The molecule has 0 bridgehead atoms. The van der Waals surface area contributed by atoms with E-state index in [0.717, 1.165) is 13.1 Å². The number of amides is 1. The third-order valence-electron chi connectivity index (χ3n) is 3.31. The third kappa shape index (κ3) is 4.10. The van der Waals surface area contributed by atoms with Crippen LogP contribution in [0.15, 0.2) is 0 Å². The van der Waals surface area contributed by atoms with Crippen LogP contribution in [0, 0.1) is 11.8 Å². The molecule has 1 aliphatic heterocycles. The fraction of sp³-hybridized carbons (Fsp3) is 0.917. The van der Waals surface area contributed by atoms with Crippen LogP contribution in [0.1, 0.15) is 26.7 Å². The number of hydrogen-bond acceptors (Lipinski definition) is 3. The predicted octanol–water partition coefficient (Wildman–Crippen LogP) is 0.428. The lowest BCUT2D eigenvalue weighted by molar-refractivity contribution is -0.123. The van der Waals surface area contributed by atoms with Gasteiger partial charge in [-0.2, -0.15) is 0 Å². The molecule has 1 saturated heterocycles. The first-order valence-electron chi connectivity index (χ1n) is 6.22. The summed E-state index contributed by atoms with van der Waals surface area (Å²) in [5, 5.41) is 2.96. The lowest BCUT2D eigenvalue weighted by atomic mass is 9.98. The smallest absolute Gasteiger partial charge is 0.237 e. The molecule has 0 aromatic rings. The molecular weight excluding hydrogens is 202 g/mol. The van der Waals surface area contributed by atoms with Crippen LogP contribution in [-0.2, 0) is 4.79 Å². The quantitative estimate of drug-likeness (QED) is 0.732. The van der Waals surface area contributed by atoms with Crippen LogP contribution in [0.25, 0.3) is 0 Å². The van der Waals surface area contributed by atoms with Gasteiger partial charge >= 0.3 is 0 Å². The Hall–Kier alpha value is -0.610. The van der Waals surface area contributed by atoms with Gasteiger partial charge in [-0.1, -0.05) is 13.8 Å². The highest BCUT2D eigenvalue weighted by atomic mass is 16.2. The number of nitrogens with zero attached hydrogens (tertiary/aromatic N) is 1. The van der Waals surface area contributed by atoms with E-state index in [2.05, 4.69) is 17.3 Å². The Morgan fingerprint density at radius 3 is 2.81 bits per heavy atom. The van der Waals surface area contributed by atoms with E-state index in [1.807, 2.05) is 13.8 Å². The van der Waals surface area contributed by atoms with Gasteiger partial charge in [0.05, 0.1) is 6.04 Å². The summed E-state index contributed by atoms with van der Waals surface area (Å²) in [6.45, 7) is 6.97. The van der Waals surface area contributed by atoms with Crippen molar-refractivity contribution in [3.63, 3.8) is 0 Å². The summed E-state index contributed by atoms with van der Waals surface area (Å²) >= 11 is 0. The summed E-state index contributed by atoms with van der Waals surface area (Å²) in [6, 6.07) is -0.374. The van der Waals surface area contributed by atoms with Crippen LogP contribution in [-0.4, -0.2) is 43.5 Å². The van der Waals surface area contributed by atoms with Crippen molar-refractivity contribution in [1.29, 1.82) is 0 Å². The highest BCUT2D eigenvalue weighted by Gasteiger charge is 2.20. The highest BCUT2D eigenvalue weighted by molar-refractivity contribution is 5.81. The Labute approximate surface area is 98.6 Å². The van der Waals surface area contributed by atoms with Crippen LogP contribution >= 0.6 is 0 Å². The minimum Gasteiger partial charge on any atom is -0.354 e. The minimum atomic E-state index is -0.374. The maximum absolute atomic E-state index is 11.7. The molecule has 0 aromatic carbocycles. The predicted molar refractivity (Wildman–Crippen MR) is 66.0 cm³/mol. The molecule has 4 heteroatoms. The Bertz CT molecular complexity index is 230. The van der Waals surface area contributed by atoms with Crippen molar-refractivity contribution in [3.05, 3.63) is 0 Å². The lowest BCUT2D eigenvalue weighted by Crippen LogP contribution is -2.47. The van der Waals surface area contributed by atoms with E-state index in [4.69, 9.17) is 5.73 Å². The molecule has 0 radical (unpaired) electrons. The molecule has 16 heavy (non-hydrogen) atoms. The fourth-order valence-electron chi connectivity index (χ4n) is 2.11. The summed E-state index contributed by atoms with van der Waals surface area (Å²) in [6.07, 6.45) is 2.44. The summed E-state index contributed by atoms with van der Waals surface area (Å²) in [5.74, 6) is 0.777. The topological polar surface area (TPSA) is 58.4 Å². The normalized spacial score (nSPS) is 24.4. The largest absolute Gasteiger partial charge is 0.354 e. The fourth-order valence-corrected chi connectivity index (χ4v) is 2.11. The van der Waals surface area contributed by atoms with E-state index >= 15 is 0 Å². The van der Waals surface area contributed by atoms with Crippen molar-refractivity contribution in [2.45, 2.75) is 32.7 Å². The van der Waals surface area contributed by atoms with E-state index in [-0.39, 0.29) is 17.9 Å². The first kappa shape index (κ1) is 13.5.